The predicted molar refractivity (Wildman–Crippen MR) is 129 cm³/mol. The van der Waals surface area contributed by atoms with E-state index in [0.717, 1.165) is 16.8 Å². The lowest BCUT2D eigenvalue weighted by Crippen LogP contribution is -2.03. The van der Waals surface area contributed by atoms with Gasteiger partial charge in [-0.15, -0.1) is 0 Å². The van der Waals surface area contributed by atoms with Crippen LogP contribution in [0.2, 0.25) is 0 Å². The Morgan fingerprint density at radius 1 is 0.933 bits per heavy atom. The Morgan fingerprint density at radius 2 is 1.47 bits per heavy atom. The SMILES string of the molecule is C=C/C=C(\C=C/C)c1cc(C(/C=C\C)=C/C=C)n2nc(C(=O)O)cc2n1.CC.CC. The summed E-state index contributed by atoms with van der Waals surface area (Å²) in [5, 5.41) is 13.5. The minimum Gasteiger partial charge on any atom is -0.476 e. The molecule has 0 saturated carbocycles. The first-order valence-electron chi connectivity index (χ1n) is 10.1. The van der Waals surface area contributed by atoms with Crippen LogP contribution in [0.1, 0.15) is 63.4 Å². The highest BCUT2D eigenvalue weighted by Gasteiger charge is 2.16. The summed E-state index contributed by atoms with van der Waals surface area (Å²) >= 11 is 0. The van der Waals surface area contributed by atoms with Crippen LogP contribution in [0.5, 0.6) is 0 Å². The molecule has 2 rings (SSSR count). The lowest BCUT2D eigenvalue weighted by Gasteiger charge is -2.09. The van der Waals surface area contributed by atoms with Crippen molar-refractivity contribution in [2.75, 3.05) is 0 Å². The third-order valence-electron chi connectivity index (χ3n) is 3.53. The second-order valence-corrected chi connectivity index (χ2v) is 5.35. The van der Waals surface area contributed by atoms with E-state index in [9.17, 15) is 9.90 Å². The van der Waals surface area contributed by atoms with E-state index < -0.39 is 5.97 Å². The topological polar surface area (TPSA) is 67.5 Å². The second-order valence-electron chi connectivity index (χ2n) is 5.35. The van der Waals surface area contributed by atoms with Crippen LogP contribution in [-0.2, 0) is 0 Å². The van der Waals surface area contributed by atoms with Crippen LogP contribution in [0.4, 0.5) is 0 Å². The van der Waals surface area contributed by atoms with Gasteiger partial charge in [-0.2, -0.15) is 5.10 Å². The fraction of sp³-hybridized carbons (Fsp3) is 0.240. The first kappa shape index (κ1) is 26.5. The highest BCUT2D eigenvalue weighted by Crippen LogP contribution is 2.24. The van der Waals surface area contributed by atoms with Crippen molar-refractivity contribution in [3.05, 3.63) is 91.0 Å². The van der Waals surface area contributed by atoms with E-state index in [1.165, 1.54) is 10.6 Å². The Balaban J connectivity index is 0.00000198. The molecule has 0 aromatic carbocycles. The molecule has 30 heavy (non-hydrogen) atoms. The third kappa shape index (κ3) is 6.85. The first-order valence-corrected chi connectivity index (χ1v) is 10.1. The largest absolute Gasteiger partial charge is 0.476 e. The van der Waals surface area contributed by atoms with E-state index in [4.69, 9.17) is 0 Å². The van der Waals surface area contributed by atoms with Crippen molar-refractivity contribution in [3.63, 3.8) is 0 Å². The average molecular weight is 408 g/mol. The number of carboxylic acid groups (broad SMARTS) is 1. The number of hydrogen-bond donors (Lipinski definition) is 1. The maximum atomic E-state index is 11.3. The highest BCUT2D eigenvalue weighted by atomic mass is 16.4. The molecule has 0 fully saturated rings. The number of aromatic carboxylic acids is 1. The fourth-order valence-corrected chi connectivity index (χ4v) is 2.50. The standard InChI is InChI=1S/C21H21N3O2.2C2H6/c1-5-9-15(10-6-2)17-13-19(16(11-7-3)12-8-4)24-20(22-17)14-18(23-24)21(25)26;2*1-2/h5-14H,1,3H2,2,4H3,(H,25,26);2*1-2H3/b10-6-,12-8-,15-9+,16-11+;;. The molecule has 2 heterocycles. The third-order valence-corrected chi connectivity index (χ3v) is 3.53. The van der Waals surface area contributed by atoms with Crippen molar-refractivity contribution in [2.45, 2.75) is 41.5 Å². The Labute approximate surface area is 180 Å². The Hall–Kier alpha value is -3.47. The molecule has 0 radical (unpaired) electrons. The van der Waals surface area contributed by atoms with Crippen LogP contribution >= 0.6 is 0 Å². The smallest absolute Gasteiger partial charge is 0.356 e. The number of carbonyl (C=O) groups is 1. The number of nitrogens with zero attached hydrogens (tertiary/aromatic N) is 3. The van der Waals surface area contributed by atoms with E-state index in [1.54, 1.807) is 12.2 Å². The minimum absolute atomic E-state index is 0.0605. The van der Waals surface area contributed by atoms with Gasteiger partial charge < -0.3 is 5.11 Å². The van der Waals surface area contributed by atoms with E-state index in [2.05, 4.69) is 23.2 Å². The monoisotopic (exact) mass is 407 g/mol. The number of rotatable bonds is 7. The lowest BCUT2D eigenvalue weighted by molar-refractivity contribution is 0.0690. The van der Waals surface area contributed by atoms with Crippen molar-refractivity contribution in [2.24, 2.45) is 0 Å². The molecule has 0 spiro atoms. The molecule has 160 valence electrons. The van der Waals surface area contributed by atoms with Crippen molar-refractivity contribution in [1.82, 2.24) is 14.6 Å². The van der Waals surface area contributed by atoms with Gasteiger partial charge >= 0.3 is 5.97 Å². The lowest BCUT2D eigenvalue weighted by atomic mass is 10.1. The van der Waals surface area contributed by atoms with Gasteiger partial charge in [0.15, 0.2) is 11.3 Å². The van der Waals surface area contributed by atoms with Crippen molar-refractivity contribution in [1.29, 1.82) is 0 Å². The van der Waals surface area contributed by atoms with E-state index in [1.807, 2.05) is 84.1 Å². The molecule has 0 unspecified atom stereocenters. The molecule has 0 bridgehead atoms. The fourth-order valence-electron chi connectivity index (χ4n) is 2.50. The Morgan fingerprint density at radius 3 is 1.97 bits per heavy atom. The number of fused-ring (bicyclic) bond motifs is 1. The number of carboxylic acids is 1. The van der Waals surface area contributed by atoms with Gasteiger partial charge in [0, 0.05) is 6.07 Å². The molecular weight excluding hydrogens is 374 g/mol. The number of aromatic nitrogens is 3. The molecule has 2 aromatic rings. The van der Waals surface area contributed by atoms with Crippen LogP contribution in [0.25, 0.3) is 16.8 Å². The van der Waals surface area contributed by atoms with Crippen LogP contribution in [0.15, 0.2) is 73.9 Å². The van der Waals surface area contributed by atoms with Gasteiger partial charge in [0.2, 0.25) is 0 Å². The van der Waals surface area contributed by atoms with Gasteiger partial charge in [0.25, 0.3) is 0 Å². The van der Waals surface area contributed by atoms with Crippen molar-refractivity contribution >= 4 is 22.8 Å². The summed E-state index contributed by atoms with van der Waals surface area (Å²) in [4.78, 5) is 15.9. The molecule has 0 amide bonds. The molecule has 2 aromatic heterocycles. The zero-order valence-electron chi connectivity index (χ0n) is 18.9. The van der Waals surface area contributed by atoms with Crippen LogP contribution in [0, 0.1) is 0 Å². The minimum atomic E-state index is -1.10. The van der Waals surface area contributed by atoms with Gasteiger partial charge in [-0.05, 0) is 31.1 Å². The van der Waals surface area contributed by atoms with Crippen LogP contribution in [-0.4, -0.2) is 25.7 Å². The second kappa shape index (κ2) is 14.5. The van der Waals surface area contributed by atoms with Gasteiger partial charge in [0.1, 0.15) is 0 Å². The number of hydrogen-bond acceptors (Lipinski definition) is 3. The summed E-state index contributed by atoms with van der Waals surface area (Å²) in [6, 6.07) is 3.33. The molecule has 1 N–H and O–H groups in total. The van der Waals surface area contributed by atoms with E-state index in [-0.39, 0.29) is 5.69 Å². The summed E-state index contributed by atoms with van der Waals surface area (Å²) in [6.07, 6.45) is 14.7. The molecule has 5 heteroatoms. The van der Waals surface area contributed by atoms with Crippen LogP contribution < -0.4 is 0 Å². The highest BCUT2D eigenvalue weighted by molar-refractivity contribution is 5.87. The molecule has 0 aliphatic rings. The molecule has 0 saturated heterocycles. The van der Waals surface area contributed by atoms with Gasteiger partial charge in [-0.25, -0.2) is 14.3 Å². The Bertz CT molecular complexity index is 974. The van der Waals surface area contributed by atoms with Crippen LogP contribution in [0.3, 0.4) is 0 Å². The van der Waals surface area contributed by atoms with E-state index >= 15 is 0 Å². The first-order chi connectivity index (χ1) is 14.5. The summed E-state index contributed by atoms with van der Waals surface area (Å²) in [7, 11) is 0. The number of allylic oxidation sites excluding steroid dienone is 10. The summed E-state index contributed by atoms with van der Waals surface area (Å²) in [5.41, 5.74) is 3.51. The molecule has 5 nitrogen and oxygen atoms in total. The van der Waals surface area contributed by atoms with E-state index in [0.29, 0.717) is 11.3 Å². The summed E-state index contributed by atoms with van der Waals surface area (Å²) < 4.78 is 1.53. The Kier molecular flexibility index (Phi) is 12.8. The maximum absolute atomic E-state index is 11.3. The maximum Gasteiger partial charge on any atom is 0.356 e. The summed E-state index contributed by atoms with van der Waals surface area (Å²) in [6.45, 7) is 19.3. The molecule has 0 aliphatic carbocycles. The molecule has 0 aliphatic heterocycles. The molecular formula is C25H33N3O2. The summed E-state index contributed by atoms with van der Waals surface area (Å²) in [5.74, 6) is -1.10. The van der Waals surface area contributed by atoms with Gasteiger partial charge in [0.05, 0.1) is 11.4 Å². The zero-order valence-corrected chi connectivity index (χ0v) is 18.9. The predicted octanol–water partition coefficient (Wildman–Crippen LogP) is 6.77. The zero-order chi connectivity index (χ0) is 23.1. The average Bonchev–Trinajstić information content (AvgIpc) is 3.20. The molecule has 0 atom stereocenters. The van der Waals surface area contributed by atoms with Gasteiger partial charge in [-0.1, -0.05) is 89.5 Å². The van der Waals surface area contributed by atoms with Gasteiger partial charge in [-0.3, -0.25) is 0 Å². The van der Waals surface area contributed by atoms with Crippen molar-refractivity contribution < 1.29 is 9.90 Å². The quantitative estimate of drug-likeness (QED) is 0.514. The normalized spacial score (nSPS) is 11.7. The van der Waals surface area contributed by atoms with Crippen molar-refractivity contribution in [3.8, 4) is 0 Å².